The van der Waals surface area contributed by atoms with Crippen LogP contribution >= 0.6 is 0 Å². The van der Waals surface area contributed by atoms with Gasteiger partial charge in [0.05, 0.1) is 0 Å². The summed E-state index contributed by atoms with van der Waals surface area (Å²) in [6.07, 6.45) is 9.70. The first kappa shape index (κ1) is 16.0. The van der Waals surface area contributed by atoms with E-state index in [9.17, 15) is 0 Å². The summed E-state index contributed by atoms with van der Waals surface area (Å²) in [5, 5.41) is 0. The lowest BCUT2D eigenvalue weighted by molar-refractivity contribution is 0.180. The lowest BCUT2D eigenvalue weighted by Crippen LogP contribution is -2.22. The average Bonchev–Trinajstić information content (AvgIpc) is 2.28. The highest BCUT2D eigenvalue weighted by Gasteiger charge is 2.25. The molecule has 0 fully saturated rings. The van der Waals surface area contributed by atoms with E-state index in [1.165, 1.54) is 44.9 Å². The Hall–Kier alpha value is 0. The Labute approximate surface area is 104 Å². The number of hydrogen-bond acceptors (Lipinski definition) is 0. The molecule has 0 aromatic carbocycles. The van der Waals surface area contributed by atoms with Gasteiger partial charge in [-0.05, 0) is 30.1 Å². The van der Waals surface area contributed by atoms with Crippen molar-refractivity contribution in [3.63, 3.8) is 0 Å². The maximum absolute atomic E-state index is 2.50. The van der Waals surface area contributed by atoms with Gasteiger partial charge in [0, 0.05) is 0 Å². The lowest BCUT2D eigenvalue weighted by Gasteiger charge is -2.33. The molecule has 0 spiro atoms. The maximum atomic E-state index is 2.50. The van der Waals surface area contributed by atoms with E-state index in [-0.39, 0.29) is 0 Å². The van der Waals surface area contributed by atoms with Crippen LogP contribution in [0.1, 0.15) is 86.5 Å². The van der Waals surface area contributed by atoms with Crippen LogP contribution in [-0.4, -0.2) is 0 Å². The SMILES string of the molecule is CCCCCC(C)(CC)CC(C)C(C)CC. The second kappa shape index (κ2) is 8.14. The molecule has 0 N–H and O–H groups in total. The molecule has 0 saturated heterocycles. The zero-order valence-corrected chi connectivity index (χ0v) is 12.6. The Balaban J connectivity index is 4.13. The van der Waals surface area contributed by atoms with Crippen molar-refractivity contribution in [2.45, 2.75) is 86.5 Å². The predicted octanol–water partition coefficient (Wildman–Crippen LogP) is 6.06. The topological polar surface area (TPSA) is 0 Å². The molecular weight excluding hydrogens is 192 g/mol. The summed E-state index contributed by atoms with van der Waals surface area (Å²) in [5.74, 6) is 1.77. The van der Waals surface area contributed by atoms with Gasteiger partial charge >= 0.3 is 0 Å². The summed E-state index contributed by atoms with van der Waals surface area (Å²) in [6, 6.07) is 0. The molecule has 0 nitrogen and oxygen atoms in total. The van der Waals surface area contributed by atoms with E-state index in [0.717, 1.165) is 11.8 Å². The Morgan fingerprint density at radius 1 is 0.938 bits per heavy atom. The predicted molar refractivity (Wildman–Crippen MR) is 75.8 cm³/mol. The van der Waals surface area contributed by atoms with E-state index in [1.807, 2.05) is 0 Å². The van der Waals surface area contributed by atoms with E-state index in [2.05, 4.69) is 41.5 Å². The normalized spacial score (nSPS) is 19.1. The second-order valence-corrected chi connectivity index (χ2v) is 6.19. The fraction of sp³-hybridized carbons (Fsp3) is 1.00. The Morgan fingerprint density at radius 3 is 2.00 bits per heavy atom. The molecule has 0 aromatic heterocycles. The standard InChI is InChI=1S/C16H34/c1-7-10-11-12-16(6,9-3)13-15(5)14(4)8-2/h14-15H,7-13H2,1-6H3. The van der Waals surface area contributed by atoms with Crippen LogP contribution in [0.5, 0.6) is 0 Å². The van der Waals surface area contributed by atoms with Crippen LogP contribution in [0.25, 0.3) is 0 Å². The van der Waals surface area contributed by atoms with Crippen LogP contribution in [0.15, 0.2) is 0 Å². The minimum Gasteiger partial charge on any atom is -0.0654 e. The van der Waals surface area contributed by atoms with Crippen molar-refractivity contribution in [3.05, 3.63) is 0 Å². The minimum atomic E-state index is 0.595. The van der Waals surface area contributed by atoms with Crippen LogP contribution in [0.2, 0.25) is 0 Å². The molecule has 98 valence electrons. The average molecular weight is 226 g/mol. The Kier molecular flexibility index (Phi) is 8.14. The van der Waals surface area contributed by atoms with Crippen molar-refractivity contribution in [3.8, 4) is 0 Å². The van der Waals surface area contributed by atoms with Gasteiger partial charge in [0.25, 0.3) is 0 Å². The first-order valence-electron chi connectivity index (χ1n) is 7.49. The van der Waals surface area contributed by atoms with Gasteiger partial charge in [-0.1, -0.05) is 73.6 Å². The molecule has 3 unspecified atom stereocenters. The summed E-state index contributed by atoms with van der Waals surface area (Å²) in [6.45, 7) is 14.3. The van der Waals surface area contributed by atoms with Gasteiger partial charge in [-0.2, -0.15) is 0 Å². The van der Waals surface area contributed by atoms with Crippen LogP contribution in [-0.2, 0) is 0 Å². The molecule has 0 radical (unpaired) electrons. The first-order valence-corrected chi connectivity index (χ1v) is 7.49. The van der Waals surface area contributed by atoms with E-state index < -0.39 is 0 Å². The number of unbranched alkanes of at least 4 members (excludes halogenated alkanes) is 2. The molecule has 0 amide bonds. The molecule has 0 bridgehead atoms. The maximum Gasteiger partial charge on any atom is -0.0326 e. The fourth-order valence-electron chi connectivity index (χ4n) is 2.61. The zero-order valence-electron chi connectivity index (χ0n) is 12.6. The van der Waals surface area contributed by atoms with Crippen LogP contribution in [0, 0.1) is 17.3 Å². The largest absolute Gasteiger partial charge is 0.0654 e. The van der Waals surface area contributed by atoms with Crippen molar-refractivity contribution < 1.29 is 0 Å². The molecule has 0 saturated carbocycles. The van der Waals surface area contributed by atoms with Gasteiger partial charge in [0.1, 0.15) is 0 Å². The molecule has 0 aliphatic carbocycles. The highest BCUT2D eigenvalue weighted by molar-refractivity contribution is 4.77. The highest BCUT2D eigenvalue weighted by atomic mass is 14.3. The van der Waals surface area contributed by atoms with Crippen LogP contribution in [0.4, 0.5) is 0 Å². The van der Waals surface area contributed by atoms with Crippen molar-refractivity contribution in [2.24, 2.45) is 17.3 Å². The van der Waals surface area contributed by atoms with E-state index in [0.29, 0.717) is 5.41 Å². The van der Waals surface area contributed by atoms with Crippen molar-refractivity contribution in [1.29, 1.82) is 0 Å². The summed E-state index contributed by atoms with van der Waals surface area (Å²) in [5.41, 5.74) is 0.595. The van der Waals surface area contributed by atoms with E-state index in [4.69, 9.17) is 0 Å². The first-order chi connectivity index (χ1) is 7.49. The van der Waals surface area contributed by atoms with Crippen LogP contribution in [0.3, 0.4) is 0 Å². The number of hydrogen-bond donors (Lipinski definition) is 0. The van der Waals surface area contributed by atoms with Gasteiger partial charge in [-0.25, -0.2) is 0 Å². The third-order valence-electron chi connectivity index (χ3n) is 4.67. The van der Waals surface area contributed by atoms with Crippen molar-refractivity contribution >= 4 is 0 Å². The Morgan fingerprint density at radius 2 is 1.56 bits per heavy atom. The lowest BCUT2D eigenvalue weighted by atomic mass is 9.72. The molecule has 3 atom stereocenters. The van der Waals surface area contributed by atoms with Crippen molar-refractivity contribution in [2.75, 3.05) is 0 Å². The second-order valence-electron chi connectivity index (χ2n) is 6.19. The fourth-order valence-corrected chi connectivity index (χ4v) is 2.61. The van der Waals surface area contributed by atoms with E-state index in [1.54, 1.807) is 0 Å². The van der Waals surface area contributed by atoms with Gasteiger partial charge in [-0.15, -0.1) is 0 Å². The van der Waals surface area contributed by atoms with Gasteiger partial charge < -0.3 is 0 Å². The minimum absolute atomic E-state index is 0.595. The monoisotopic (exact) mass is 226 g/mol. The summed E-state index contributed by atoms with van der Waals surface area (Å²) < 4.78 is 0. The molecule has 0 heteroatoms. The quantitative estimate of drug-likeness (QED) is 0.419. The summed E-state index contributed by atoms with van der Waals surface area (Å²) >= 11 is 0. The molecular formula is C16H34. The molecule has 0 heterocycles. The zero-order chi connectivity index (χ0) is 12.6. The Bertz CT molecular complexity index is 161. The number of rotatable bonds is 9. The summed E-state index contributed by atoms with van der Waals surface area (Å²) in [7, 11) is 0. The van der Waals surface area contributed by atoms with Crippen molar-refractivity contribution in [1.82, 2.24) is 0 Å². The van der Waals surface area contributed by atoms with Gasteiger partial charge in [0.2, 0.25) is 0 Å². The molecule has 0 aliphatic rings. The van der Waals surface area contributed by atoms with Gasteiger partial charge in [-0.3, -0.25) is 0 Å². The highest BCUT2D eigenvalue weighted by Crippen LogP contribution is 2.37. The molecule has 0 rings (SSSR count). The third-order valence-corrected chi connectivity index (χ3v) is 4.67. The third kappa shape index (κ3) is 5.92. The van der Waals surface area contributed by atoms with E-state index >= 15 is 0 Å². The summed E-state index contributed by atoms with van der Waals surface area (Å²) in [4.78, 5) is 0. The molecule has 16 heavy (non-hydrogen) atoms. The molecule has 0 aromatic rings. The van der Waals surface area contributed by atoms with Gasteiger partial charge in [0.15, 0.2) is 0 Å². The smallest absolute Gasteiger partial charge is 0.0326 e. The molecule has 0 aliphatic heterocycles. The van der Waals surface area contributed by atoms with Crippen LogP contribution < -0.4 is 0 Å².